The summed E-state index contributed by atoms with van der Waals surface area (Å²) in [6, 6.07) is 56.5. The minimum absolute atomic E-state index is 0.735. The molecular formula is C44H26N2S. The topological polar surface area (TPSA) is 25.8 Å². The van der Waals surface area contributed by atoms with Crippen molar-refractivity contribution < 1.29 is 0 Å². The summed E-state index contributed by atoms with van der Waals surface area (Å²) in [6.45, 7) is 0. The van der Waals surface area contributed by atoms with E-state index in [1.54, 1.807) is 0 Å². The summed E-state index contributed by atoms with van der Waals surface area (Å²) >= 11 is 1.90. The van der Waals surface area contributed by atoms with Crippen molar-refractivity contribution in [2.75, 3.05) is 0 Å². The van der Waals surface area contributed by atoms with E-state index >= 15 is 0 Å². The van der Waals surface area contributed by atoms with Gasteiger partial charge in [-0.05, 0) is 62.3 Å². The van der Waals surface area contributed by atoms with Gasteiger partial charge < -0.3 is 0 Å². The molecule has 3 heteroatoms. The first-order chi connectivity index (χ1) is 23.3. The lowest BCUT2D eigenvalue weighted by Crippen LogP contribution is -1.95. The molecule has 218 valence electrons. The lowest BCUT2D eigenvalue weighted by Gasteiger charge is -2.13. The van der Waals surface area contributed by atoms with Crippen LogP contribution in [0.3, 0.4) is 0 Å². The zero-order valence-electron chi connectivity index (χ0n) is 25.3. The van der Waals surface area contributed by atoms with Crippen molar-refractivity contribution in [3.05, 3.63) is 158 Å². The molecule has 0 unspecified atom stereocenters. The van der Waals surface area contributed by atoms with E-state index < -0.39 is 0 Å². The Labute approximate surface area is 275 Å². The Bertz CT molecular complexity index is 2840. The van der Waals surface area contributed by atoms with E-state index in [9.17, 15) is 0 Å². The minimum atomic E-state index is 0.735. The van der Waals surface area contributed by atoms with E-state index in [4.69, 9.17) is 9.97 Å². The molecule has 0 spiro atoms. The minimum Gasteiger partial charge on any atom is -0.228 e. The Kier molecular flexibility index (Phi) is 5.78. The first kappa shape index (κ1) is 26.3. The van der Waals surface area contributed by atoms with Crippen LogP contribution in [0.4, 0.5) is 0 Å². The summed E-state index contributed by atoms with van der Waals surface area (Å²) in [5, 5.41) is 11.5. The Balaban J connectivity index is 1.19. The highest BCUT2D eigenvalue weighted by atomic mass is 32.1. The van der Waals surface area contributed by atoms with Crippen LogP contribution < -0.4 is 0 Å². The zero-order valence-corrected chi connectivity index (χ0v) is 26.1. The van der Waals surface area contributed by atoms with E-state index in [1.165, 1.54) is 58.1 Å². The number of benzene rings is 8. The monoisotopic (exact) mass is 614 g/mol. The normalized spacial score (nSPS) is 11.8. The van der Waals surface area contributed by atoms with Crippen molar-refractivity contribution in [2.45, 2.75) is 0 Å². The van der Waals surface area contributed by atoms with Crippen molar-refractivity contribution in [1.29, 1.82) is 0 Å². The first-order valence-corrected chi connectivity index (χ1v) is 16.7. The van der Waals surface area contributed by atoms with Gasteiger partial charge in [-0.3, -0.25) is 0 Å². The average Bonchev–Trinajstić information content (AvgIpc) is 3.54. The average molecular weight is 615 g/mol. The molecule has 10 aromatic rings. The van der Waals surface area contributed by atoms with Crippen LogP contribution in [0.15, 0.2) is 158 Å². The number of aromatic nitrogens is 2. The van der Waals surface area contributed by atoms with Gasteiger partial charge in [-0.15, -0.1) is 11.3 Å². The van der Waals surface area contributed by atoms with Crippen molar-refractivity contribution in [2.24, 2.45) is 0 Å². The maximum absolute atomic E-state index is 5.09. The number of fused-ring (bicyclic) bond motifs is 11. The molecule has 2 aromatic heterocycles. The molecule has 47 heavy (non-hydrogen) atoms. The van der Waals surface area contributed by atoms with E-state index in [0.717, 1.165) is 39.1 Å². The summed E-state index contributed by atoms with van der Waals surface area (Å²) in [4.78, 5) is 10.2. The second-order valence-corrected chi connectivity index (χ2v) is 13.2. The molecule has 0 radical (unpaired) electrons. The fraction of sp³-hybridized carbons (Fsp3) is 0. The van der Waals surface area contributed by atoms with Crippen molar-refractivity contribution in [3.63, 3.8) is 0 Å². The van der Waals surface area contributed by atoms with Crippen molar-refractivity contribution >= 4 is 74.7 Å². The summed E-state index contributed by atoms with van der Waals surface area (Å²) < 4.78 is 2.70. The van der Waals surface area contributed by atoms with Gasteiger partial charge in [0, 0.05) is 42.1 Å². The number of hydrogen-bond donors (Lipinski definition) is 0. The molecule has 0 aliphatic heterocycles. The van der Waals surface area contributed by atoms with Gasteiger partial charge in [0.2, 0.25) is 0 Å². The Morgan fingerprint density at radius 2 is 1.00 bits per heavy atom. The lowest BCUT2D eigenvalue weighted by atomic mass is 9.92. The molecule has 2 nitrogen and oxygen atoms in total. The van der Waals surface area contributed by atoms with Crippen LogP contribution in [-0.4, -0.2) is 9.97 Å². The van der Waals surface area contributed by atoms with Crippen LogP contribution in [0.2, 0.25) is 0 Å². The molecule has 10 rings (SSSR count). The van der Waals surface area contributed by atoms with E-state index in [1.807, 2.05) is 35.6 Å². The van der Waals surface area contributed by atoms with Gasteiger partial charge in [-0.2, -0.15) is 0 Å². The van der Waals surface area contributed by atoms with Gasteiger partial charge in [0.1, 0.15) is 0 Å². The third-order valence-electron chi connectivity index (χ3n) is 9.44. The molecule has 0 amide bonds. The summed E-state index contributed by atoms with van der Waals surface area (Å²) in [5.41, 5.74) is 6.29. The molecule has 0 aliphatic carbocycles. The third-order valence-corrected chi connectivity index (χ3v) is 10.6. The quantitative estimate of drug-likeness (QED) is 0.185. The van der Waals surface area contributed by atoms with Crippen LogP contribution in [-0.2, 0) is 0 Å². The van der Waals surface area contributed by atoms with Gasteiger partial charge in [-0.1, -0.05) is 133 Å². The van der Waals surface area contributed by atoms with Crippen LogP contribution in [0.25, 0.3) is 97.2 Å². The third kappa shape index (κ3) is 4.10. The lowest BCUT2D eigenvalue weighted by molar-refractivity contribution is 1.23. The fourth-order valence-electron chi connectivity index (χ4n) is 7.25. The second kappa shape index (κ2) is 10.3. The van der Waals surface area contributed by atoms with Crippen LogP contribution in [0.5, 0.6) is 0 Å². The summed E-state index contributed by atoms with van der Waals surface area (Å²) in [7, 11) is 0. The molecule has 0 aliphatic rings. The molecular weight excluding hydrogens is 589 g/mol. The molecule has 0 saturated carbocycles. The van der Waals surface area contributed by atoms with Gasteiger partial charge >= 0.3 is 0 Å². The second-order valence-electron chi connectivity index (χ2n) is 12.1. The predicted octanol–water partition coefficient (Wildman–Crippen LogP) is 12.5. The Morgan fingerprint density at radius 1 is 0.383 bits per heavy atom. The maximum Gasteiger partial charge on any atom is 0.160 e. The number of hydrogen-bond acceptors (Lipinski definition) is 3. The predicted molar refractivity (Wildman–Crippen MR) is 201 cm³/mol. The smallest absolute Gasteiger partial charge is 0.160 e. The van der Waals surface area contributed by atoms with Gasteiger partial charge in [-0.25, -0.2) is 9.97 Å². The van der Waals surface area contributed by atoms with E-state index in [2.05, 4.69) is 133 Å². The highest BCUT2D eigenvalue weighted by Gasteiger charge is 2.17. The van der Waals surface area contributed by atoms with Crippen LogP contribution in [0, 0.1) is 0 Å². The highest BCUT2D eigenvalue weighted by molar-refractivity contribution is 7.27. The van der Waals surface area contributed by atoms with Crippen LogP contribution >= 0.6 is 11.3 Å². The van der Waals surface area contributed by atoms with Gasteiger partial charge in [0.25, 0.3) is 0 Å². The molecule has 2 heterocycles. The Morgan fingerprint density at radius 3 is 1.79 bits per heavy atom. The number of rotatable bonds is 3. The SMILES string of the molecule is c1ccc(-c2nc(-c3ccccc3)c3ccc(-c4ccc5c(ccc6c7sc8ccccc8c7c7ccccc7c56)c4)cc3n2)cc1. The zero-order chi connectivity index (χ0) is 30.9. The molecule has 0 N–H and O–H groups in total. The highest BCUT2D eigenvalue weighted by Crippen LogP contribution is 2.46. The summed E-state index contributed by atoms with van der Waals surface area (Å²) in [6.07, 6.45) is 0. The number of thiophene rings is 1. The molecule has 0 fully saturated rings. The van der Waals surface area contributed by atoms with Crippen molar-refractivity contribution in [3.8, 4) is 33.8 Å². The van der Waals surface area contributed by atoms with Gasteiger partial charge in [0.15, 0.2) is 5.82 Å². The largest absolute Gasteiger partial charge is 0.228 e. The molecule has 8 aromatic carbocycles. The summed E-state index contributed by atoms with van der Waals surface area (Å²) in [5.74, 6) is 0.735. The van der Waals surface area contributed by atoms with E-state index in [-0.39, 0.29) is 0 Å². The first-order valence-electron chi connectivity index (χ1n) is 15.9. The maximum atomic E-state index is 5.09. The fourth-order valence-corrected chi connectivity index (χ4v) is 8.50. The molecule has 0 saturated heterocycles. The van der Waals surface area contributed by atoms with Crippen LogP contribution in [0.1, 0.15) is 0 Å². The molecule has 0 bridgehead atoms. The Hall–Kier alpha value is -5.90. The van der Waals surface area contributed by atoms with Gasteiger partial charge in [0.05, 0.1) is 11.2 Å². The van der Waals surface area contributed by atoms with Crippen molar-refractivity contribution in [1.82, 2.24) is 9.97 Å². The van der Waals surface area contributed by atoms with E-state index in [0.29, 0.717) is 0 Å². The number of nitrogens with zero attached hydrogens (tertiary/aromatic N) is 2. The standard InChI is InChI=1S/C44H26N2S/c1-3-11-27(12-4-1)42-35-23-20-30(26-38(35)45-44(46-42)28-13-5-2-6-14-28)29-19-22-32-31(25-29)21-24-37-40(32)33-15-7-8-16-34(33)41-36-17-9-10-18-39(36)47-43(37)41/h1-26H. The molecule has 0 atom stereocenters.